The number of carbonyl (C=O) groups is 1. The van der Waals surface area contributed by atoms with Crippen LogP contribution < -0.4 is 5.32 Å². The number of hydrogen-bond acceptors (Lipinski definition) is 4. The lowest BCUT2D eigenvalue weighted by atomic mass is 9.98. The van der Waals surface area contributed by atoms with Crippen molar-refractivity contribution in [2.24, 2.45) is 11.8 Å². The van der Waals surface area contributed by atoms with E-state index >= 15 is 0 Å². The lowest BCUT2D eigenvalue weighted by Gasteiger charge is -2.24. The number of hydrogen-bond donors (Lipinski definition) is 1. The van der Waals surface area contributed by atoms with E-state index in [0.717, 1.165) is 44.6 Å². The highest BCUT2D eigenvalue weighted by Gasteiger charge is 2.48. The fourth-order valence-corrected chi connectivity index (χ4v) is 4.65. The average Bonchev–Trinajstić information content (AvgIpc) is 3.28. The number of halogens is 1. The number of likely N-dealkylation sites (tertiary alicyclic amines) is 1. The van der Waals surface area contributed by atoms with Crippen LogP contribution in [0.1, 0.15) is 30.4 Å². The molecule has 3 saturated heterocycles. The van der Waals surface area contributed by atoms with E-state index in [1.54, 1.807) is 6.07 Å². The third-order valence-corrected chi connectivity index (χ3v) is 6.40. The quantitative estimate of drug-likeness (QED) is 0.857. The Balaban J connectivity index is 1.39. The number of ether oxygens (including phenoxy) is 2. The zero-order valence-electron chi connectivity index (χ0n) is 16.0. The second kappa shape index (κ2) is 8.25. The normalized spacial score (nSPS) is 29.0. The van der Waals surface area contributed by atoms with E-state index in [2.05, 4.69) is 10.2 Å². The largest absolute Gasteiger partial charge is 0.381 e. The van der Waals surface area contributed by atoms with Gasteiger partial charge in [0.2, 0.25) is 5.91 Å². The van der Waals surface area contributed by atoms with Gasteiger partial charge in [-0.15, -0.1) is 0 Å². The molecule has 27 heavy (non-hydrogen) atoms. The van der Waals surface area contributed by atoms with Gasteiger partial charge in [0.25, 0.3) is 0 Å². The maximum Gasteiger partial charge on any atom is 0.227 e. The second-order valence-electron chi connectivity index (χ2n) is 8.05. The Morgan fingerprint density at radius 1 is 1.26 bits per heavy atom. The molecule has 1 N–H and O–H groups in total. The summed E-state index contributed by atoms with van der Waals surface area (Å²) in [5, 5.41) is 3.15. The topological polar surface area (TPSA) is 50.8 Å². The standard InChI is InChI=1S/C21H29FN2O3/c1-14-16(3-2-4-18(14)22)12-24-13-17(20-19(24)7-10-27-20)21(25)23-11-15-5-8-26-9-6-15/h2-4,15,17,19-20H,5-13H2,1H3,(H,23,25)/t17-,19+,20+/m0/s1. The number of nitrogens with zero attached hydrogens (tertiary/aromatic N) is 1. The van der Waals surface area contributed by atoms with Gasteiger partial charge in [-0.3, -0.25) is 9.69 Å². The molecule has 6 heteroatoms. The van der Waals surface area contributed by atoms with Crippen LogP contribution in [0.25, 0.3) is 0 Å². The van der Waals surface area contributed by atoms with E-state index < -0.39 is 0 Å². The molecule has 0 aliphatic carbocycles. The molecule has 0 spiro atoms. The Labute approximate surface area is 160 Å². The van der Waals surface area contributed by atoms with Crippen LogP contribution in [0.3, 0.4) is 0 Å². The highest BCUT2D eigenvalue weighted by Crippen LogP contribution is 2.35. The van der Waals surface area contributed by atoms with E-state index in [9.17, 15) is 9.18 Å². The lowest BCUT2D eigenvalue weighted by Crippen LogP contribution is -2.40. The van der Waals surface area contributed by atoms with Gasteiger partial charge in [0.15, 0.2) is 0 Å². The molecule has 0 radical (unpaired) electrons. The Hall–Kier alpha value is -1.50. The number of benzene rings is 1. The van der Waals surface area contributed by atoms with Crippen LogP contribution in [0.5, 0.6) is 0 Å². The third kappa shape index (κ3) is 4.03. The molecule has 1 aromatic carbocycles. The molecule has 4 rings (SSSR count). The van der Waals surface area contributed by atoms with Gasteiger partial charge in [-0.05, 0) is 49.3 Å². The molecule has 0 saturated carbocycles. The zero-order chi connectivity index (χ0) is 18.8. The highest BCUT2D eigenvalue weighted by atomic mass is 19.1. The van der Waals surface area contributed by atoms with Gasteiger partial charge in [-0.1, -0.05) is 12.1 Å². The molecule has 3 fully saturated rings. The first kappa shape index (κ1) is 18.8. The van der Waals surface area contributed by atoms with Crippen molar-refractivity contribution in [3.63, 3.8) is 0 Å². The summed E-state index contributed by atoms with van der Waals surface area (Å²) >= 11 is 0. The predicted molar refractivity (Wildman–Crippen MR) is 99.7 cm³/mol. The smallest absolute Gasteiger partial charge is 0.227 e. The number of fused-ring (bicyclic) bond motifs is 1. The van der Waals surface area contributed by atoms with Crippen LogP contribution in [0, 0.1) is 24.6 Å². The van der Waals surface area contributed by atoms with Crippen molar-refractivity contribution in [1.82, 2.24) is 10.2 Å². The molecule has 0 unspecified atom stereocenters. The van der Waals surface area contributed by atoms with Gasteiger partial charge in [-0.25, -0.2) is 4.39 Å². The lowest BCUT2D eigenvalue weighted by molar-refractivity contribution is -0.128. The van der Waals surface area contributed by atoms with Crippen LogP contribution in [0.15, 0.2) is 18.2 Å². The molecule has 0 aromatic heterocycles. The summed E-state index contributed by atoms with van der Waals surface area (Å²) in [4.78, 5) is 15.1. The summed E-state index contributed by atoms with van der Waals surface area (Å²) in [5.41, 5.74) is 1.68. The molecule has 1 amide bonds. The average molecular weight is 376 g/mol. The van der Waals surface area contributed by atoms with Crippen molar-refractivity contribution in [3.05, 3.63) is 35.1 Å². The Morgan fingerprint density at radius 2 is 2.07 bits per heavy atom. The van der Waals surface area contributed by atoms with Crippen molar-refractivity contribution < 1.29 is 18.7 Å². The van der Waals surface area contributed by atoms with E-state index in [0.29, 0.717) is 31.2 Å². The second-order valence-corrected chi connectivity index (χ2v) is 8.05. The molecule has 148 valence electrons. The number of carbonyl (C=O) groups excluding carboxylic acids is 1. The van der Waals surface area contributed by atoms with Crippen molar-refractivity contribution in [2.45, 2.75) is 44.9 Å². The van der Waals surface area contributed by atoms with Gasteiger partial charge < -0.3 is 14.8 Å². The van der Waals surface area contributed by atoms with Crippen molar-refractivity contribution >= 4 is 5.91 Å². The van der Waals surface area contributed by atoms with E-state index in [1.807, 2.05) is 13.0 Å². The Morgan fingerprint density at radius 3 is 2.89 bits per heavy atom. The summed E-state index contributed by atoms with van der Waals surface area (Å²) in [6.45, 7) is 6.15. The number of rotatable bonds is 5. The number of nitrogens with one attached hydrogen (secondary N) is 1. The Kier molecular flexibility index (Phi) is 5.76. The fourth-order valence-electron chi connectivity index (χ4n) is 4.65. The molecule has 1 aromatic rings. The first-order chi connectivity index (χ1) is 13.1. The summed E-state index contributed by atoms with van der Waals surface area (Å²) in [6, 6.07) is 5.47. The minimum atomic E-state index is -0.170. The fraction of sp³-hybridized carbons (Fsp3) is 0.667. The van der Waals surface area contributed by atoms with E-state index in [4.69, 9.17) is 9.47 Å². The van der Waals surface area contributed by atoms with Gasteiger partial charge in [-0.2, -0.15) is 0 Å². The molecule has 5 nitrogen and oxygen atoms in total. The monoisotopic (exact) mass is 376 g/mol. The van der Waals surface area contributed by atoms with Gasteiger partial charge in [0, 0.05) is 45.5 Å². The molecular weight excluding hydrogens is 347 g/mol. The van der Waals surface area contributed by atoms with Crippen LogP contribution in [0.2, 0.25) is 0 Å². The molecular formula is C21H29FN2O3. The van der Waals surface area contributed by atoms with Crippen LogP contribution in [0.4, 0.5) is 4.39 Å². The predicted octanol–water partition coefficient (Wildman–Crippen LogP) is 2.27. The van der Waals surface area contributed by atoms with Gasteiger partial charge >= 0.3 is 0 Å². The molecule has 3 aliphatic heterocycles. The first-order valence-electron chi connectivity index (χ1n) is 10.1. The first-order valence-corrected chi connectivity index (χ1v) is 10.1. The summed E-state index contributed by atoms with van der Waals surface area (Å²) < 4.78 is 25.2. The van der Waals surface area contributed by atoms with Crippen LogP contribution in [-0.2, 0) is 20.8 Å². The highest BCUT2D eigenvalue weighted by molar-refractivity contribution is 5.80. The van der Waals surface area contributed by atoms with Gasteiger partial charge in [0.1, 0.15) is 5.82 Å². The van der Waals surface area contributed by atoms with E-state index in [1.165, 1.54) is 6.07 Å². The summed E-state index contributed by atoms with van der Waals surface area (Å²) in [6.07, 6.45) is 2.91. The maximum atomic E-state index is 13.9. The van der Waals surface area contributed by atoms with Crippen LogP contribution >= 0.6 is 0 Å². The van der Waals surface area contributed by atoms with Gasteiger partial charge in [0.05, 0.1) is 12.0 Å². The van der Waals surface area contributed by atoms with E-state index in [-0.39, 0.29) is 29.8 Å². The maximum absolute atomic E-state index is 13.9. The Bertz CT molecular complexity index is 677. The van der Waals surface area contributed by atoms with Crippen molar-refractivity contribution in [3.8, 4) is 0 Å². The minimum absolute atomic E-state index is 0.0476. The SMILES string of the molecule is Cc1c(F)cccc1CN1C[C@H](C(=O)NCC2CCOCC2)[C@H]2OCC[C@H]21. The molecule has 3 atom stereocenters. The molecule has 3 heterocycles. The summed E-state index contributed by atoms with van der Waals surface area (Å²) in [5.74, 6) is 0.287. The molecule has 3 aliphatic rings. The third-order valence-electron chi connectivity index (χ3n) is 6.40. The van der Waals surface area contributed by atoms with Crippen LogP contribution in [-0.4, -0.2) is 55.9 Å². The summed E-state index contributed by atoms with van der Waals surface area (Å²) in [7, 11) is 0. The zero-order valence-corrected chi connectivity index (χ0v) is 16.0. The van der Waals surface area contributed by atoms with Crippen molar-refractivity contribution in [2.75, 3.05) is 32.9 Å². The number of amides is 1. The molecule has 0 bridgehead atoms. The van der Waals surface area contributed by atoms with Crippen molar-refractivity contribution in [1.29, 1.82) is 0 Å². The minimum Gasteiger partial charge on any atom is -0.381 e.